The van der Waals surface area contributed by atoms with Crippen LogP contribution in [0.4, 0.5) is 13.2 Å². The third-order valence-electron chi connectivity index (χ3n) is 3.90. The number of alkyl halides is 3. The molecule has 0 saturated carbocycles. The van der Waals surface area contributed by atoms with Gasteiger partial charge in [-0.25, -0.2) is 4.98 Å². The van der Waals surface area contributed by atoms with Crippen molar-refractivity contribution in [3.05, 3.63) is 53.3 Å². The fraction of sp³-hybridized carbons (Fsp3) is 0.278. The summed E-state index contributed by atoms with van der Waals surface area (Å²) in [5.41, 5.74) is 2.61. The fourth-order valence-electron chi connectivity index (χ4n) is 2.59. The lowest BCUT2D eigenvalue weighted by atomic mass is 10.2. The van der Waals surface area contributed by atoms with E-state index in [1.165, 1.54) is 18.3 Å². The molecule has 2 aromatic heterocycles. The van der Waals surface area contributed by atoms with Gasteiger partial charge in [0.05, 0.1) is 11.3 Å². The number of hydrogen-bond acceptors (Lipinski definition) is 4. The van der Waals surface area contributed by atoms with Gasteiger partial charge in [-0.3, -0.25) is 9.48 Å². The molecule has 1 N–H and O–H groups in total. The molecule has 2 heterocycles. The topological polar surface area (TPSA) is 69.0 Å². The normalized spacial score (nSPS) is 11.6. The van der Waals surface area contributed by atoms with Gasteiger partial charge in [0, 0.05) is 25.2 Å². The van der Waals surface area contributed by atoms with E-state index >= 15 is 0 Å². The van der Waals surface area contributed by atoms with E-state index in [2.05, 4.69) is 20.1 Å². The Morgan fingerprint density at radius 1 is 1.26 bits per heavy atom. The van der Waals surface area contributed by atoms with Crippen LogP contribution in [-0.2, 0) is 13.6 Å². The summed E-state index contributed by atoms with van der Waals surface area (Å²) in [7, 11) is 1.78. The minimum atomic E-state index is -4.38. The van der Waals surface area contributed by atoms with Gasteiger partial charge in [-0.1, -0.05) is 12.1 Å². The van der Waals surface area contributed by atoms with Gasteiger partial charge in [-0.2, -0.15) is 18.3 Å². The average molecular weight is 378 g/mol. The lowest BCUT2D eigenvalue weighted by Crippen LogP contribution is -2.23. The zero-order chi connectivity index (χ0) is 19.6. The highest BCUT2D eigenvalue weighted by atomic mass is 19.4. The molecule has 0 atom stereocenters. The standard InChI is InChI=1S/C18H17F3N4O2/c1-11-15-7-13(9-22-16(15)25(2)24-11)17(26)23-8-12-3-5-14(6-4-12)27-10-18(19,20)21/h3-7,9H,8,10H2,1-2H3,(H,23,26). The molecule has 0 spiro atoms. The van der Waals surface area contributed by atoms with Crippen LogP contribution in [0.3, 0.4) is 0 Å². The fourth-order valence-corrected chi connectivity index (χ4v) is 2.59. The molecule has 1 amide bonds. The summed E-state index contributed by atoms with van der Waals surface area (Å²) >= 11 is 0. The number of nitrogens with zero attached hydrogens (tertiary/aromatic N) is 3. The van der Waals surface area contributed by atoms with Crippen LogP contribution in [0.25, 0.3) is 11.0 Å². The minimum absolute atomic E-state index is 0.115. The van der Waals surface area contributed by atoms with Crippen LogP contribution in [0.2, 0.25) is 0 Å². The number of rotatable bonds is 5. The number of pyridine rings is 1. The molecule has 0 saturated heterocycles. The predicted octanol–water partition coefficient (Wildman–Crippen LogP) is 3.15. The van der Waals surface area contributed by atoms with Crippen molar-refractivity contribution in [1.82, 2.24) is 20.1 Å². The van der Waals surface area contributed by atoms with Gasteiger partial charge in [0.2, 0.25) is 0 Å². The second kappa shape index (κ2) is 7.26. The SMILES string of the molecule is Cc1nn(C)c2ncc(C(=O)NCc3ccc(OCC(F)(F)F)cc3)cc12. The zero-order valence-electron chi connectivity index (χ0n) is 14.7. The third kappa shape index (κ3) is 4.55. The summed E-state index contributed by atoms with van der Waals surface area (Å²) in [5, 5.41) is 7.82. The first-order valence-corrected chi connectivity index (χ1v) is 8.09. The number of aryl methyl sites for hydroxylation is 2. The Kier molecular flexibility index (Phi) is 5.02. The van der Waals surface area contributed by atoms with Gasteiger partial charge in [-0.05, 0) is 30.7 Å². The lowest BCUT2D eigenvalue weighted by molar-refractivity contribution is -0.153. The Morgan fingerprint density at radius 3 is 2.63 bits per heavy atom. The van der Waals surface area contributed by atoms with Gasteiger partial charge in [0.1, 0.15) is 5.75 Å². The summed E-state index contributed by atoms with van der Waals surface area (Å²) in [6.07, 6.45) is -2.90. The summed E-state index contributed by atoms with van der Waals surface area (Å²) in [5.74, 6) is -0.186. The maximum absolute atomic E-state index is 12.3. The lowest BCUT2D eigenvalue weighted by Gasteiger charge is -2.10. The number of fused-ring (bicyclic) bond motifs is 1. The number of ether oxygens (including phenoxy) is 1. The largest absolute Gasteiger partial charge is 0.484 e. The second-order valence-corrected chi connectivity index (χ2v) is 6.03. The zero-order valence-corrected chi connectivity index (χ0v) is 14.7. The number of amides is 1. The van der Waals surface area contributed by atoms with Gasteiger partial charge < -0.3 is 10.1 Å². The maximum Gasteiger partial charge on any atom is 0.422 e. The Hall–Kier alpha value is -3.10. The monoisotopic (exact) mass is 378 g/mol. The van der Waals surface area contributed by atoms with Crippen LogP contribution in [0.1, 0.15) is 21.6 Å². The summed E-state index contributed by atoms with van der Waals surface area (Å²) in [4.78, 5) is 16.6. The first-order valence-electron chi connectivity index (χ1n) is 8.09. The van der Waals surface area contributed by atoms with E-state index in [0.29, 0.717) is 11.2 Å². The molecule has 142 valence electrons. The van der Waals surface area contributed by atoms with E-state index < -0.39 is 12.8 Å². The average Bonchev–Trinajstić information content (AvgIpc) is 2.92. The van der Waals surface area contributed by atoms with Crippen LogP contribution < -0.4 is 10.1 Å². The van der Waals surface area contributed by atoms with E-state index in [-0.39, 0.29) is 18.2 Å². The summed E-state index contributed by atoms with van der Waals surface area (Å²) < 4.78 is 42.7. The number of aromatic nitrogens is 3. The number of carbonyl (C=O) groups is 1. The van der Waals surface area contributed by atoms with E-state index in [0.717, 1.165) is 16.6 Å². The molecule has 0 radical (unpaired) electrons. The summed E-state index contributed by atoms with van der Waals surface area (Å²) in [6, 6.07) is 7.78. The van der Waals surface area contributed by atoms with Crippen LogP contribution in [0.15, 0.2) is 36.5 Å². The van der Waals surface area contributed by atoms with Gasteiger partial charge in [0.25, 0.3) is 5.91 Å². The van der Waals surface area contributed by atoms with E-state index in [9.17, 15) is 18.0 Å². The molecule has 0 aliphatic rings. The van der Waals surface area contributed by atoms with Gasteiger partial charge in [-0.15, -0.1) is 0 Å². The molecule has 3 aromatic rings. The van der Waals surface area contributed by atoms with Crippen molar-refractivity contribution < 1.29 is 22.7 Å². The van der Waals surface area contributed by atoms with Crippen molar-refractivity contribution in [3.8, 4) is 5.75 Å². The Labute approximate surface area is 153 Å². The summed E-state index contributed by atoms with van der Waals surface area (Å²) in [6.45, 7) is 0.725. The predicted molar refractivity (Wildman–Crippen MR) is 92.4 cm³/mol. The number of nitrogens with one attached hydrogen (secondary N) is 1. The van der Waals surface area contributed by atoms with Crippen molar-refractivity contribution >= 4 is 16.9 Å². The Balaban J connectivity index is 1.61. The molecule has 3 rings (SSSR count). The van der Waals surface area contributed by atoms with Crippen molar-refractivity contribution in [1.29, 1.82) is 0 Å². The quantitative estimate of drug-likeness (QED) is 0.741. The van der Waals surface area contributed by atoms with E-state index in [1.807, 2.05) is 6.92 Å². The van der Waals surface area contributed by atoms with E-state index in [4.69, 9.17) is 0 Å². The number of benzene rings is 1. The molecule has 0 aliphatic heterocycles. The van der Waals surface area contributed by atoms with Gasteiger partial charge in [0.15, 0.2) is 12.3 Å². The molecule has 1 aromatic carbocycles. The molecule has 0 unspecified atom stereocenters. The third-order valence-corrected chi connectivity index (χ3v) is 3.90. The number of hydrogen-bond donors (Lipinski definition) is 1. The molecule has 9 heteroatoms. The Morgan fingerprint density at radius 2 is 1.96 bits per heavy atom. The van der Waals surface area contributed by atoms with Gasteiger partial charge >= 0.3 is 6.18 Å². The highest BCUT2D eigenvalue weighted by Crippen LogP contribution is 2.19. The minimum Gasteiger partial charge on any atom is -0.484 e. The highest BCUT2D eigenvalue weighted by Gasteiger charge is 2.28. The first kappa shape index (κ1) is 18.7. The molecular formula is C18H17F3N4O2. The second-order valence-electron chi connectivity index (χ2n) is 6.03. The highest BCUT2D eigenvalue weighted by molar-refractivity contribution is 5.97. The van der Waals surface area contributed by atoms with Crippen molar-refractivity contribution in [2.45, 2.75) is 19.6 Å². The smallest absolute Gasteiger partial charge is 0.422 e. The number of halogens is 3. The Bertz CT molecular complexity index is 965. The molecule has 0 aliphatic carbocycles. The molecular weight excluding hydrogens is 361 g/mol. The first-order chi connectivity index (χ1) is 12.7. The molecule has 27 heavy (non-hydrogen) atoms. The van der Waals surface area contributed by atoms with Crippen molar-refractivity contribution in [2.24, 2.45) is 7.05 Å². The van der Waals surface area contributed by atoms with Crippen molar-refractivity contribution in [3.63, 3.8) is 0 Å². The van der Waals surface area contributed by atoms with Crippen molar-refractivity contribution in [2.75, 3.05) is 6.61 Å². The molecule has 0 fully saturated rings. The van der Waals surface area contributed by atoms with E-state index in [1.54, 1.807) is 29.9 Å². The van der Waals surface area contributed by atoms with Crippen LogP contribution in [0.5, 0.6) is 5.75 Å². The maximum atomic E-state index is 12.3. The van der Waals surface area contributed by atoms with Crippen LogP contribution >= 0.6 is 0 Å². The van der Waals surface area contributed by atoms with Crippen LogP contribution in [-0.4, -0.2) is 33.5 Å². The van der Waals surface area contributed by atoms with Crippen LogP contribution in [0, 0.1) is 6.92 Å². The molecule has 6 nitrogen and oxygen atoms in total. The molecule has 0 bridgehead atoms. The number of carbonyl (C=O) groups excluding carboxylic acids is 1.